The van der Waals surface area contributed by atoms with Crippen molar-refractivity contribution in [2.45, 2.75) is 32.4 Å². The second-order valence-corrected chi connectivity index (χ2v) is 4.64. The minimum Gasteiger partial charge on any atom is -0.317 e. The van der Waals surface area contributed by atoms with Gasteiger partial charge >= 0.3 is 0 Å². The van der Waals surface area contributed by atoms with E-state index in [1.54, 1.807) is 0 Å². The van der Waals surface area contributed by atoms with Crippen LogP contribution in [0.15, 0.2) is 18.5 Å². The molecule has 88 valence electrons. The van der Waals surface area contributed by atoms with Gasteiger partial charge in [-0.1, -0.05) is 0 Å². The van der Waals surface area contributed by atoms with Crippen molar-refractivity contribution < 1.29 is 0 Å². The summed E-state index contributed by atoms with van der Waals surface area (Å²) in [5.41, 5.74) is 2.72. The van der Waals surface area contributed by atoms with E-state index in [4.69, 9.17) is 0 Å². The SMILES string of the molecule is CNC1CCN(Cc2cnccc2C)CC1. The van der Waals surface area contributed by atoms with Crippen LogP contribution >= 0.6 is 0 Å². The molecule has 0 aliphatic carbocycles. The van der Waals surface area contributed by atoms with Crippen LogP contribution in [0.5, 0.6) is 0 Å². The number of aromatic nitrogens is 1. The number of hydrogen-bond acceptors (Lipinski definition) is 3. The molecule has 16 heavy (non-hydrogen) atoms. The fourth-order valence-corrected chi connectivity index (χ4v) is 2.28. The lowest BCUT2D eigenvalue weighted by Gasteiger charge is -2.31. The maximum atomic E-state index is 4.20. The normalized spacial score (nSPS) is 18.9. The Morgan fingerprint density at radius 2 is 2.19 bits per heavy atom. The van der Waals surface area contributed by atoms with Crippen molar-refractivity contribution in [2.75, 3.05) is 20.1 Å². The Morgan fingerprint density at radius 1 is 1.44 bits per heavy atom. The molecular weight excluding hydrogens is 198 g/mol. The summed E-state index contributed by atoms with van der Waals surface area (Å²) >= 11 is 0. The predicted molar refractivity (Wildman–Crippen MR) is 66.3 cm³/mol. The molecule has 1 saturated heterocycles. The molecule has 1 fully saturated rings. The molecule has 0 bridgehead atoms. The van der Waals surface area contributed by atoms with Crippen molar-refractivity contribution in [3.63, 3.8) is 0 Å². The third-order valence-electron chi connectivity index (χ3n) is 3.54. The van der Waals surface area contributed by atoms with Gasteiger partial charge in [0.15, 0.2) is 0 Å². The minimum absolute atomic E-state index is 0.714. The Kier molecular flexibility index (Phi) is 3.91. The highest BCUT2D eigenvalue weighted by molar-refractivity contribution is 5.21. The van der Waals surface area contributed by atoms with E-state index in [2.05, 4.69) is 35.2 Å². The Morgan fingerprint density at radius 3 is 2.81 bits per heavy atom. The molecule has 0 unspecified atom stereocenters. The van der Waals surface area contributed by atoms with Gasteiger partial charge in [-0.05, 0) is 57.1 Å². The van der Waals surface area contributed by atoms with Crippen LogP contribution in [0.1, 0.15) is 24.0 Å². The highest BCUT2D eigenvalue weighted by Crippen LogP contribution is 2.14. The van der Waals surface area contributed by atoms with Gasteiger partial charge in [-0.3, -0.25) is 9.88 Å². The molecule has 0 spiro atoms. The van der Waals surface area contributed by atoms with Crippen LogP contribution < -0.4 is 5.32 Å². The molecule has 1 aromatic heterocycles. The monoisotopic (exact) mass is 219 g/mol. The Balaban J connectivity index is 1.89. The number of likely N-dealkylation sites (tertiary alicyclic amines) is 1. The first-order valence-corrected chi connectivity index (χ1v) is 6.08. The van der Waals surface area contributed by atoms with Crippen molar-refractivity contribution in [1.29, 1.82) is 0 Å². The van der Waals surface area contributed by atoms with Crippen LogP contribution in [0.25, 0.3) is 0 Å². The Bertz CT molecular complexity index is 330. The first kappa shape index (κ1) is 11.6. The lowest BCUT2D eigenvalue weighted by atomic mass is 10.0. The zero-order chi connectivity index (χ0) is 11.4. The molecule has 0 radical (unpaired) electrons. The van der Waals surface area contributed by atoms with Crippen molar-refractivity contribution in [3.05, 3.63) is 29.6 Å². The van der Waals surface area contributed by atoms with Crippen LogP contribution in [0.3, 0.4) is 0 Å². The standard InChI is InChI=1S/C13H21N3/c1-11-3-6-15-9-12(11)10-16-7-4-13(14-2)5-8-16/h3,6,9,13-14H,4-5,7-8,10H2,1-2H3. The fourth-order valence-electron chi connectivity index (χ4n) is 2.28. The molecular formula is C13H21N3. The van der Waals surface area contributed by atoms with Gasteiger partial charge in [-0.15, -0.1) is 0 Å². The molecule has 3 nitrogen and oxygen atoms in total. The maximum absolute atomic E-state index is 4.20. The second kappa shape index (κ2) is 5.41. The highest BCUT2D eigenvalue weighted by atomic mass is 15.1. The van der Waals surface area contributed by atoms with Crippen LogP contribution in [-0.4, -0.2) is 36.1 Å². The zero-order valence-electron chi connectivity index (χ0n) is 10.2. The summed E-state index contributed by atoms with van der Waals surface area (Å²) < 4.78 is 0. The van der Waals surface area contributed by atoms with Gasteiger partial charge in [0.2, 0.25) is 0 Å². The fraction of sp³-hybridized carbons (Fsp3) is 0.615. The average molecular weight is 219 g/mol. The molecule has 0 atom stereocenters. The van der Waals surface area contributed by atoms with E-state index < -0.39 is 0 Å². The molecule has 1 aromatic rings. The largest absolute Gasteiger partial charge is 0.317 e. The van der Waals surface area contributed by atoms with Crippen molar-refractivity contribution >= 4 is 0 Å². The smallest absolute Gasteiger partial charge is 0.0315 e. The van der Waals surface area contributed by atoms with Gasteiger partial charge in [-0.2, -0.15) is 0 Å². The molecule has 0 saturated carbocycles. The summed E-state index contributed by atoms with van der Waals surface area (Å²) in [5.74, 6) is 0. The van der Waals surface area contributed by atoms with Crippen molar-refractivity contribution in [1.82, 2.24) is 15.2 Å². The Labute approximate surface area is 97.9 Å². The summed E-state index contributed by atoms with van der Waals surface area (Å²) in [6.45, 7) is 5.60. The number of nitrogens with one attached hydrogen (secondary N) is 1. The van der Waals surface area contributed by atoms with Gasteiger partial charge in [0, 0.05) is 25.0 Å². The number of hydrogen-bond donors (Lipinski definition) is 1. The third kappa shape index (κ3) is 2.80. The third-order valence-corrected chi connectivity index (χ3v) is 3.54. The maximum Gasteiger partial charge on any atom is 0.0315 e. The summed E-state index contributed by atoms with van der Waals surface area (Å²) in [6.07, 6.45) is 6.39. The van der Waals surface area contributed by atoms with Gasteiger partial charge < -0.3 is 5.32 Å². The molecule has 0 aromatic carbocycles. The summed E-state index contributed by atoms with van der Waals surface area (Å²) in [5, 5.41) is 3.36. The van der Waals surface area contributed by atoms with E-state index in [1.165, 1.54) is 37.1 Å². The first-order valence-electron chi connectivity index (χ1n) is 6.08. The van der Waals surface area contributed by atoms with E-state index in [9.17, 15) is 0 Å². The predicted octanol–water partition coefficient (Wildman–Crippen LogP) is 1.57. The van der Waals surface area contributed by atoms with E-state index in [0.29, 0.717) is 6.04 Å². The van der Waals surface area contributed by atoms with E-state index in [0.717, 1.165) is 6.54 Å². The number of piperidine rings is 1. The van der Waals surface area contributed by atoms with E-state index in [1.807, 2.05) is 12.4 Å². The summed E-state index contributed by atoms with van der Waals surface area (Å²) in [6, 6.07) is 2.81. The van der Waals surface area contributed by atoms with E-state index in [-0.39, 0.29) is 0 Å². The lowest BCUT2D eigenvalue weighted by Crippen LogP contribution is -2.40. The minimum atomic E-state index is 0.714. The van der Waals surface area contributed by atoms with Gasteiger partial charge in [-0.25, -0.2) is 0 Å². The number of rotatable bonds is 3. The lowest BCUT2D eigenvalue weighted by molar-refractivity contribution is 0.194. The van der Waals surface area contributed by atoms with Crippen LogP contribution in [0.2, 0.25) is 0 Å². The molecule has 1 aliphatic rings. The van der Waals surface area contributed by atoms with Crippen LogP contribution in [-0.2, 0) is 6.54 Å². The zero-order valence-corrected chi connectivity index (χ0v) is 10.2. The van der Waals surface area contributed by atoms with Gasteiger partial charge in [0.1, 0.15) is 0 Å². The Hall–Kier alpha value is -0.930. The number of aryl methyl sites for hydroxylation is 1. The molecule has 2 rings (SSSR count). The first-order chi connectivity index (χ1) is 7.79. The van der Waals surface area contributed by atoms with Crippen molar-refractivity contribution in [2.24, 2.45) is 0 Å². The van der Waals surface area contributed by atoms with E-state index >= 15 is 0 Å². The van der Waals surface area contributed by atoms with Crippen LogP contribution in [0.4, 0.5) is 0 Å². The summed E-state index contributed by atoms with van der Waals surface area (Å²) in [4.78, 5) is 6.73. The van der Waals surface area contributed by atoms with Gasteiger partial charge in [0.05, 0.1) is 0 Å². The molecule has 0 amide bonds. The second-order valence-electron chi connectivity index (χ2n) is 4.64. The summed E-state index contributed by atoms with van der Waals surface area (Å²) in [7, 11) is 2.06. The average Bonchev–Trinajstić information content (AvgIpc) is 2.33. The molecule has 2 heterocycles. The van der Waals surface area contributed by atoms with Crippen molar-refractivity contribution in [3.8, 4) is 0 Å². The highest BCUT2D eigenvalue weighted by Gasteiger charge is 2.17. The topological polar surface area (TPSA) is 28.2 Å². The molecule has 3 heteroatoms. The molecule has 1 aliphatic heterocycles. The van der Waals surface area contributed by atoms with Crippen LogP contribution in [0, 0.1) is 6.92 Å². The number of nitrogens with zero attached hydrogens (tertiary/aromatic N) is 2. The number of pyridine rings is 1. The molecule has 1 N–H and O–H groups in total. The van der Waals surface area contributed by atoms with Gasteiger partial charge in [0.25, 0.3) is 0 Å². The quantitative estimate of drug-likeness (QED) is 0.836.